The summed E-state index contributed by atoms with van der Waals surface area (Å²) in [7, 11) is 0.949. The Labute approximate surface area is 71.2 Å². The zero-order valence-electron chi connectivity index (χ0n) is 6.47. The van der Waals surface area contributed by atoms with Crippen molar-refractivity contribution in [2.24, 2.45) is 0 Å². The van der Waals surface area contributed by atoms with Gasteiger partial charge in [0.15, 0.2) is 5.56 Å². The van der Waals surface area contributed by atoms with Gasteiger partial charge >= 0.3 is 5.97 Å². The number of hydrogen-bond acceptors (Lipinski definition) is 3. The van der Waals surface area contributed by atoms with Crippen LogP contribution in [0, 0.1) is 17.7 Å². The summed E-state index contributed by atoms with van der Waals surface area (Å²) in [5.41, 5.74) is -0.996. The van der Waals surface area contributed by atoms with E-state index in [1.54, 1.807) is 0 Å². The van der Waals surface area contributed by atoms with E-state index in [0.717, 1.165) is 7.11 Å². The molecule has 3 nitrogen and oxygen atoms in total. The standard InChI is InChI=1S/C7H4F3NO2/c1-13-7(12)5-3(8)2-4(9)11-6(5)10/h2H,1H3. The number of carbonyl (C=O) groups is 1. The van der Waals surface area contributed by atoms with E-state index >= 15 is 0 Å². The molecule has 0 amide bonds. The van der Waals surface area contributed by atoms with E-state index in [-0.39, 0.29) is 0 Å². The summed E-state index contributed by atoms with van der Waals surface area (Å²) in [5, 5.41) is 0. The highest BCUT2D eigenvalue weighted by atomic mass is 19.1. The number of carbonyl (C=O) groups excluding carboxylic acids is 1. The molecule has 0 aromatic carbocycles. The summed E-state index contributed by atoms with van der Waals surface area (Å²) in [4.78, 5) is 13.3. The van der Waals surface area contributed by atoms with Crippen LogP contribution in [0.25, 0.3) is 0 Å². The van der Waals surface area contributed by atoms with E-state index in [2.05, 4.69) is 9.72 Å². The van der Waals surface area contributed by atoms with E-state index in [1.165, 1.54) is 0 Å². The normalized spacial score (nSPS) is 9.85. The lowest BCUT2D eigenvalue weighted by Crippen LogP contribution is -2.10. The minimum absolute atomic E-state index is 0.301. The SMILES string of the molecule is COC(=O)c1c(F)cc(F)nc1F. The van der Waals surface area contributed by atoms with Crippen LogP contribution in [-0.4, -0.2) is 18.1 Å². The minimum atomic E-state index is -1.52. The van der Waals surface area contributed by atoms with Gasteiger partial charge in [0, 0.05) is 6.07 Å². The number of nitrogens with zero attached hydrogens (tertiary/aromatic N) is 1. The fourth-order valence-electron chi connectivity index (χ4n) is 0.741. The number of ether oxygens (including phenoxy) is 1. The molecule has 1 aromatic rings. The van der Waals surface area contributed by atoms with Crippen molar-refractivity contribution in [2.75, 3.05) is 7.11 Å². The number of pyridine rings is 1. The maximum atomic E-state index is 12.7. The largest absolute Gasteiger partial charge is 0.465 e. The van der Waals surface area contributed by atoms with Crippen molar-refractivity contribution in [1.82, 2.24) is 4.98 Å². The van der Waals surface area contributed by atoms with Crippen molar-refractivity contribution >= 4 is 5.97 Å². The van der Waals surface area contributed by atoms with E-state index in [4.69, 9.17) is 0 Å². The lowest BCUT2D eigenvalue weighted by molar-refractivity contribution is 0.0588. The highest BCUT2D eigenvalue weighted by molar-refractivity contribution is 5.89. The maximum absolute atomic E-state index is 12.7. The van der Waals surface area contributed by atoms with Gasteiger partial charge in [-0.1, -0.05) is 0 Å². The molecule has 0 unspecified atom stereocenters. The number of hydrogen-bond donors (Lipinski definition) is 0. The van der Waals surface area contributed by atoms with Crippen LogP contribution in [0.3, 0.4) is 0 Å². The van der Waals surface area contributed by atoms with Gasteiger partial charge in [0.2, 0.25) is 11.9 Å². The lowest BCUT2D eigenvalue weighted by Gasteiger charge is -2.00. The van der Waals surface area contributed by atoms with E-state index in [0.29, 0.717) is 6.07 Å². The Morgan fingerprint density at radius 3 is 2.54 bits per heavy atom. The molecular formula is C7H4F3NO2. The van der Waals surface area contributed by atoms with Crippen molar-refractivity contribution < 1.29 is 22.7 Å². The fraction of sp³-hybridized carbons (Fsp3) is 0.143. The van der Waals surface area contributed by atoms with Crippen LogP contribution in [0.4, 0.5) is 13.2 Å². The maximum Gasteiger partial charge on any atom is 0.345 e. The van der Waals surface area contributed by atoms with Gasteiger partial charge in [-0.15, -0.1) is 0 Å². The summed E-state index contributed by atoms with van der Waals surface area (Å²) >= 11 is 0. The molecule has 0 aliphatic heterocycles. The van der Waals surface area contributed by atoms with Crippen molar-refractivity contribution in [3.63, 3.8) is 0 Å². The van der Waals surface area contributed by atoms with Crippen molar-refractivity contribution in [3.05, 3.63) is 29.3 Å². The third-order valence-electron chi connectivity index (χ3n) is 1.29. The third-order valence-corrected chi connectivity index (χ3v) is 1.29. The number of rotatable bonds is 1. The molecule has 0 saturated carbocycles. The van der Waals surface area contributed by atoms with Gasteiger partial charge in [0.05, 0.1) is 7.11 Å². The highest BCUT2D eigenvalue weighted by Crippen LogP contribution is 2.12. The monoisotopic (exact) mass is 191 g/mol. The molecule has 0 radical (unpaired) electrons. The average Bonchev–Trinajstić information content (AvgIpc) is 2.02. The van der Waals surface area contributed by atoms with Crippen LogP contribution in [0.15, 0.2) is 6.07 Å². The van der Waals surface area contributed by atoms with Crippen LogP contribution in [0.1, 0.15) is 10.4 Å². The molecule has 0 aliphatic rings. The minimum Gasteiger partial charge on any atom is -0.465 e. The van der Waals surface area contributed by atoms with E-state index < -0.39 is 29.2 Å². The molecule has 1 aromatic heterocycles. The summed E-state index contributed by atoms with van der Waals surface area (Å²) in [6.07, 6.45) is 0. The lowest BCUT2D eigenvalue weighted by atomic mass is 10.2. The Morgan fingerprint density at radius 1 is 1.46 bits per heavy atom. The van der Waals surface area contributed by atoms with Gasteiger partial charge in [-0.05, 0) is 0 Å². The molecule has 0 N–H and O–H groups in total. The topological polar surface area (TPSA) is 39.2 Å². The first-order valence-corrected chi connectivity index (χ1v) is 3.16. The summed E-state index contributed by atoms with van der Waals surface area (Å²) < 4.78 is 41.7. The first kappa shape index (κ1) is 9.50. The summed E-state index contributed by atoms with van der Waals surface area (Å²) in [5.74, 6) is -5.42. The summed E-state index contributed by atoms with van der Waals surface area (Å²) in [6.45, 7) is 0. The molecule has 1 heterocycles. The predicted octanol–water partition coefficient (Wildman–Crippen LogP) is 1.29. The van der Waals surface area contributed by atoms with Gasteiger partial charge in [-0.3, -0.25) is 0 Å². The van der Waals surface area contributed by atoms with Gasteiger partial charge in [-0.25, -0.2) is 9.18 Å². The molecule has 0 bridgehead atoms. The van der Waals surface area contributed by atoms with Crippen LogP contribution < -0.4 is 0 Å². The van der Waals surface area contributed by atoms with Gasteiger partial charge in [0.1, 0.15) is 5.82 Å². The second-order valence-corrected chi connectivity index (χ2v) is 2.08. The smallest absolute Gasteiger partial charge is 0.345 e. The molecule has 6 heteroatoms. The average molecular weight is 191 g/mol. The second kappa shape index (κ2) is 3.42. The van der Waals surface area contributed by atoms with Crippen molar-refractivity contribution in [3.8, 4) is 0 Å². The van der Waals surface area contributed by atoms with Crippen LogP contribution in [0.5, 0.6) is 0 Å². The Kier molecular flexibility index (Phi) is 2.50. The Hall–Kier alpha value is -1.59. The van der Waals surface area contributed by atoms with Crippen LogP contribution in [-0.2, 0) is 4.74 Å². The Bertz CT molecular complexity index is 331. The van der Waals surface area contributed by atoms with Gasteiger partial charge in [-0.2, -0.15) is 13.8 Å². The molecule has 0 aliphatic carbocycles. The number of methoxy groups -OCH3 is 1. The first-order chi connectivity index (χ1) is 6.06. The summed E-state index contributed by atoms with van der Waals surface area (Å²) in [6, 6.07) is 0.301. The zero-order chi connectivity index (χ0) is 10.0. The predicted molar refractivity (Wildman–Crippen MR) is 35.5 cm³/mol. The van der Waals surface area contributed by atoms with Crippen molar-refractivity contribution in [2.45, 2.75) is 0 Å². The quantitative estimate of drug-likeness (QED) is 0.495. The molecule has 0 spiro atoms. The molecule has 1 rings (SSSR count). The van der Waals surface area contributed by atoms with Gasteiger partial charge < -0.3 is 4.74 Å². The second-order valence-electron chi connectivity index (χ2n) is 2.08. The molecule has 70 valence electrons. The Morgan fingerprint density at radius 2 is 2.08 bits per heavy atom. The Balaban J connectivity index is 3.28. The highest BCUT2D eigenvalue weighted by Gasteiger charge is 2.20. The molecule has 0 fully saturated rings. The van der Waals surface area contributed by atoms with E-state index in [9.17, 15) is 18.0 Å². The van der Waals surface area contributed by atoms with Crippen molar-refractivity contribution in [1.29, 1.82) is 0 Å². The number of esters is 1. The molecular weight excluding hydrogens is 187 g/mol. The first-order valence-electron chi connectivity index (χ1n) is 3.16. The van der Waals surface area contributed by atoms with Gasteiger partial charge in [0.25, 0.3) is 0 Å². The number of halogens is 3. The van der Waals surface area contributed by atoms with Crippen LogP contribution in [0.2, 0.25) is 0 Å². The number of aromatic nitrogens is 1. The molecule has 0 atom stereocenters. The van der Waals surface area contributed by atoms with E-state index in [1.807, 2.05) is 0 Å². The fourth-order valence-corrected chi connectivity index (χ4v) is 0.741. The molecule has 0 saturated heterocycles. The molecule has 13 heavy (non-hydrogen) atoms. The van der Waals surface area contributed by atoms with Crippen LogP contribution >= 0.6 is 0 Å². The zero-order valence-corrected chi connectivity index (χ0v) is 6.47. The third kappa shape index (κ3) is 1.77.